The first-order valence-corrected chi connectivity index (χ1v) is 14.1. The number of aliphatic hydroxyl groups is 1. The van der Waals surface area contributed by atoms with Gasteiger partial charge in [0.15, 0.2) is 6.10 Å². The van der Waals surface area contributed by atoms with E-state index in [0.29, 0.717) is 21.4 Å². The number of ether oxygens (including phenoxy) is 1. The van der Waals surface area contributed by atoms with Crippen molar-refractivity contribution in [3.8, 4) is 5.75 Å². The minimum atomic E-state index is -4.82. The Kier molecular flexibility index (Phi) is 8.56. The summed E-state index contributed by atoms with van der Waals surface area (Å²) in [6, 6.07) is 13.8. The molecule has 1 aliphatic carbocycles. The number of carbonyl (C=O) groups excluding carboxylic acids is 2. The lowest BCUT2D eigenvalue weighted by Crippen LogP contribution is -2.20. The van der Waals surface area contributed by atoms with Gasteiger partial charge in [-0.05, 0) is 42.5 Å². The van der Waals surface area contributed by atoms with Crippen molar-refractivity contribution in [3.63, 3.8) is 0 Å². The van der Waals surface area contributed by atoms with Crippen LogP contribution >= 0.6 is 22.7 Å². The maximum absolute atomic E-state index is 12.5. The molecule has 3 N–H and O–H groups in total. The van der Waals surface area contributed by atoms with Gasteiger partial charge in [-0.15, -0.1) is 33.6 Å². The first kappa shape index (κ1) is 28.6. The third kappa shape index (κ3) is 7.62. The number of anilines is 2. The Bertz CT molecular complexity index is 1510. The van der Waals surface area contributed by atoms with Crippen LogP contribution in [0.4, 0.5) is 23.4 Å². The normalized spacial score (nSPS) is 17.7. The number of rotatable bonds is 9. The van der Waals surface area contributed by atoms with E-state index < -0.39 is 30.0 Å². The van der Waals surface area contributed by atoms with E-state index in [9.17, 15) is 27.9 Å². The average molecular weight is 605 g/mol. The highest BCUT2D eigenvalue weighted by molar-refractivity contribution is 7.15. The fourth-order valence-corrected chi connectivity index (χ4v) is 6.29. The molecule has 10 nitrogen and oxygen atoms in total. The zero-order valence-corrected chi connectivity index (χ0v) is 22.8. The maximum Gasteiger partial charge on any atom is 0.573 e. The van der Waals surface area contributed by atoms with E-state index in [0.717, 1.165) is 41.4 Å². The van der Waals surface area contributed by atoms with Gasteiger partial charge < -0.3 is 15.2 Å². The number of benzene rings is 2. The molecule has 1 saturated carbocycles. The first-order chi connectivity index (χ1) is 19.6. The number of hydrogen-bond donors (Lipinski definition) is 3. The monoisotopic (exact) mass is 604 g/mol. The molecule has 4 aromatic rings. The molecular formula is C26H23F3N6O4S2. The quantitative estimate of drug-likeness (QED) is 0.237. The highest BCUT2D eigenvalue weighted by atomic mass is 32.1. The zero-order valence-electron chi connectivity index (χ0n) is 21.2. The van der Waals surface area contributed by atoms with E-state index in [-0.39, 0.29) is 18.3 Å². The lowest BCUT2D eigenvalue weighted by Gasteiger charge is -2.09. The van der Waals surface area contributed by atoms with Gasteiger partial charge in [-0.25, -0.2) is 0 Å². The summed E-state index contributed by atoms with van der Waals surface area (Å²) in [6.07, 6.45) is -3.90. The average Bonchev–Trinajstić information content (AvgIpc) is 3.69. The van der Waals surface area contributed by atoms with Crippen molar-refractivity contribution >= 4 is 44.8 Å². The van der Waals surface area contributed by atoms with Crippen molar-refractivity contribution in [2.45, 2.75) is 50.0 Å². The summed E-state index contributed by atoms with van der Waals surface area (Å²) in [5.41, 5.74) is 0.834. The van der Waals surface area contributed by atoms with Gasteiger partial charge in [0.2, 0.25) is 16.2 Å². The Morgan fingerprint density at radius 3 is 2.20 bits per heavy atom. The standard InChI is InChI=1S/C26H23F3N6O4S2/c27-26(28,29)39-18-8-4-5-14(11-18)12-19(36)30-24-34-32-22(40-24)16-9-10-17(13-16)23-33-35-25(41-23)31-21(38)20(37)15-6-2-1-3-7-15/h1-8,11,16-17,20,37H,9-10,12-13H2,(H,30,34,36)(H,31,35,38)/t16-,17-,20-/m0/s1. The summed E-state index contributed by atoms with van der Waals surface area (Å²) in [4.78, 5) is 24.9. The number of hydrogen-bond acceptors (Lipinski definition) is 10. The van der Waals surface area contributed by atoms with Gasteiger partial charge in [-0.1, -0.05) is 65.1 Å². The molecule has 0 bridgehead atoms. The number of aliphatic hydroxyl groups excluding tert-OH is 1. The molecule has 1 aliphatic rings. The third-order valence-electron chi connectivity index (χ3n) is 6.35. The minimum Gasteiger partial charge on any atom is -0.406 e. The number of halogens is 3. The number of nitrogens with one attached hydrogen (secondary N) is 2. The molecule has 5 rings (SSSR count). The lowest BCUT2D eigenvalue weighted by molar-refractivity contribution is -0.274. The highest BCUT2D eigenvalue weighted by Crippen LogP contribution is 2.45. The molecule has 2 heterocycles. The predicted molar refractivity (Wildman–Crippen MR) is 145 cm³/mol. The van der Waals surface area contributed by atoms with E-state index >= 15 is 0 Å². The molecule has 3 atom stereocenters. The Labute approximate surface area is 239 Å². The molecule has 2 amide bonds. The third-order valence-corrected chi connectivity index (χ3v) is 8.35. The number of amides is 2. The van der Waals surface area contributed by atoms with Crippen molar-refractivity contribution in [1.29, 1.82) is 0 Å². The Morgan fingerprint density at radius 1 is 0.927 bits per heavy atom. The molecule has 1 fully saturated rings. The van der Waals surface area contributed by atoms with Gasteiger partial charge in [0.25, 0.3) is 5.91 Å². The molecule has 41 heavy (non-hydrogen) atoms. The fraction of sp³-hybridized carbons (Fsp3) is 0.308. The summed E-state index contributed by atoms with van der Waals surface area (Å²) in [6.45, 7) is 0. The van der Waals surface area contributed by atoms with Crippen LogP contribution in [0.2, 0.25) is 0 Å². The van der Waals surface area contributed by atoms with Crippen molar-refractivity contribution in [1.82, 2.24) is 20.4 Å². The molecule has 2 aromatic heterocycles. The van der Waals surface area contributed by atoms with E-state index in [1.807, 2.05) is 0 Å². The Morgan fingerprint density at radius 2 is 1.56 bits per heavy atom. The van der Waals surface area contributed by atoms with Gasteiger partial charge in [-0.2, -0.15) is 0 Å². The summed E-state index contributed by atoms with van der Waals surface area (Å²) < 4.78 is 41.3. The SMILES string of the molecule is O=C(Cc1cccc(OC(F)(F)F)c1)Nc1nnc([C@H]2CC[C@H](c3nnc(NC(=O)[C@@H](O)c4ccccc4)s3)C2)s1. The number of carbonyl (C=O) groups is 2. The topological polar surface area (TPSA) is 139 Å². The van der Waals surface area contributed by atoms with Crippen LogP contribution in [0.25, 0.3) is 0 Å². The lowest BCUT2D eigenvalue weighted by atomic mass is 10.1. The van der Waals surface area contributed by atoms with Gasteiger partial charge in [0, 0.05) is 11.8 Å². The Hall–Kier alpha value is -3.95. The van der Waals surface area contributed by atoms with Crippen molar-refractivity contribution in [2.75, 3.05) is 10.6 Å². The van der Waals surface area contributed by atoms with Crippen LogP contribution in [-0.4, -0.2) is 43.7 Å². The first-order valence-electron chi connectivity index (χ1n) is 12.5. The van der Waals surface area contributed by atoms with E-state index in [1.165, 1.54) is 34.8 Å². The second-order valence-corrected chi connectivity index (χ2v) is 11.3. The van der Waals surface area contributed by atoms with Gasteiger partial charge in [-0.3, -0.25) is 14.9 Å². The molecule has 0 saturated heterocycles. The molecule has 0 aliphatic heterocycles. The largest absolute Gasteiger partial charge is 0.573 e. The molecule has 214 valence electrons. The maximum atomic E-state index is 12.5. The summed E-state index contributed by atoms with van der Waals surface area (Å²) in [5, 5.41) is 34.2. The minimum absolute atomic E-state index is 0.0983. The van der Waals surface area contributed by atoms with Crippen LogP contribution in [0.1, 0.15) is 58.3 Å². The summed E-state index contributed by atoms with van der Waals surface area (Å²) in [5.74, 6) is -1.22. The Balaban J connectivity index is 1.13. The molecule has 0 unspecified atom stereocenters. The number of aromatic nitrogens is 4. The second kappa shape index (κ2) is 12.3. The van der Waals surface area contributed by atoms with E-state index in [4.69, 9.17) is 0 Å². The van der Waals surface area contributed by atoms with E-state index in [1.54, 1.807) is 30.3 Å². The van der Waals surface area contributed by atoms with Crippen LogP contribution in [0, 0.1) is 0 Å². The van der Waals surface area contributed by atoms with Gasteiger partial charge in [0.1, 0.15) is 15.8 Å². The number of alkyl halides is 3. The summed E-state index contributed by atoms with van der Waals surface area (Å²) in [7, 11) is 0. The second-order valence-electron chi connectivity index (χ2n) is 9.32. The van der Waals surface area contributed by atoms with Crippen molar-refractivity contribution in [2.24, 2.45) is 0 Å². The van der Waals surface area contributed by atoms with Gasteiger partial charge in [0.05, 0.1) is 6.42 Å². The zero-order chi connectivity index (χ0) is 29.0. The van der Waals surface area contributed by atoms with Crippen LogP contribution < -0.4 is 15.4 Å². The van der Waals surface area contributed by atoms with Gasteiger partial charge >= 0.3 is 6.36 Å². The van der Waals surface area contributed by atoms with Crippen LogP contribution in [-0.2, 0) is 16.0 Å². The molecule has 0 spiro atoms. The van der Waals surface area contributed by atoms with Crippen LogP contribution in [0.3, 0.4) is 0 Å². The molecule has 0 radical (unpaired) electrons. The van der Waals surface area contributed by atoms with Crippen LogP contribution in [0.5, 0.6) is 5.75 Å². The molecule has 2 aromatic carbocycles. The number of nitrogens with zero attached hydrogens (tertiary/aromatic N) is 4. The molecule has 15 heteroatoms. The highest BCUT2D eigenvalue weighted by Gasteiger charge is 2.33. The van der Waals surface area contributed by atoms with Crippen molar-refractivity contribution < 1.29 is 32.6 Å². The molecular weight excluding hydrogens is 581 g/mol. The van der Waals surface area contributed by atoms with Crippen molar-refractivity contribution in [3.05, 3.63) is 75.7 Å². The predicted octanol–water partition coefficient (Wildman–Crippen LogP) is 5.19. The van der Waals surface area contributed by atoms with E-state index in [2.05, 4.69) is 35.8 Å². The smallest absolute Gasteiger partial charge is 0.406 e. The fourth-order valence-electron chi connectivity index (χ4n) is 4.49. The van der Waals surface area contributed by atoms with Crippen LogP contribution in [0.15, 0.2) is 54.6 Å². The summed E-state index contributed by atoms with van der Waals surface area (Å²) >= 11 is 2.51.